The molecule has 4 heteroatoms. The first kappa shape index (κ1) is 12.4. The fourth-order valence-corrected chi connectivity index (χ4v) is 1.20. The van der Waals surface area contributed by atoms with Gasteiger partial charge in [0.15, 0.2) is 0 Å². The van der Waals surface area contributed by atoms with Crippen molar-refractivity contribution >= 4 is 11.8 Å². The molecule has 0 aliphatic heterocycles. The molecule has 0 bridgehead atoms. The van der Waals surface area contributed by atoms with E-state index in [-0.39, 0.29) is 5.75 Å². The van der Waals surface area contributed by atoms with Crippen molar-refractivity contribution in [1.29, 1.82) is 0 Å². The monoisotopic (exact) mass is 223 g/mol. The third kappa shape index (κ3) is 3.81. The molecular weight excluding hydrogens is 206 g/mol. The van der Waals surface area contributed by atoms with Crippen molar-refractivity contribution in [3.63, 3.8) is 0 Å². The number of nitrogens with one attached hydrogen (secondary N) is 1. The number of rotatable bonds is 4. The number of aryl methyl sites for hydroxylation is 1. The van der Waals surface area contributed by atoms with Crippen molar-refractivity contribution in [2.45, 2.75) is 26.7 Å². The van der Waals surface area contributed by atoms with Gasteiger partial charge >= 0.3 is 6.09 Å². The van der Waals surface area contributed by atoms with Crippen LogP contribution < -0.4 is 5.32 Å². The maximum absolute atomic E-state index is 11.3. The summed E-state index contributed by atoms with van der Waals surface area (Å²) in [4.78, 5) is 11.3. The maximum atomic E-state index is 11.3. The second-order valence-electron chi connectivity index (χ2n) is 3.62. The molecule has 0 heterocycles. The molecule has 88 valence electrons. The largest absolute Gasteiger partial charge is 0.508 e. The second kappa shape index (κ2) is 6.00. The van der Waals surface area contributed by atoms with Crippen LogP contribution in [0.15, 0.2) is 18.2 Å². The molecule has 0 atom stereocenters. The van der Waals surface area contributed by atoms with E-state index in [1.165, 1.54) is 6.07 Å². The maximum Gasteiger partial charge on any atom is 0.411 e. The van der Waals surface area contributed by atoms with Crippen LogP contribution in [0.3, 0.4) is 0 Å². The minimum absolute atomic E-state index is 0.213. The minimum atomic E-state index is -0.460. The molecule has 1 amide bonds. The first-order chi connectivity index (χ1) is 7.63. The van der Waals surface area contributed by atoms with E-state index in [9.17, 15) is 9.90 Å². The topological polar surface area (TPSA) is 58.6 Å². The highest BCUT2D eigenvalue weighted by Crippen LogP contribution is 2.20. The van der Waals surface area contributed by atoms with Crippen molar-refractivity contribution in [2.24, 2.45) is 0 Å². The van der Waals surface area contributed by atoms with Crippen molar-refractivity contribution in [1.82, 2.24) is 0 Å². The van der Waals surface area contributed by atoms with Gasteiger partial charge in [0, 0.05) is 5.69 Å². The van der Waals surface area contributed by atoms with Crippen LogP contribution in [0.5, 0.6) is 5.75 Å². The Morgan fingerprint density at radius 2 is 2.25 bits per heavy atom. The summed E-state index contributed by atoms with van der Waals surface area (Å²) in [5, 5.41) is 11.9. The highest BCUT2D eigenvalue weighted by Gasteiger charge is 2.04. The highest BCUT2D eigenvalue weighted by molar-refractivity contribution is 5.84. The average Bonchev–Trinajstić information content (AvgIpc) is 2.24. The van der Waals surface area contributed by atoms with Gasteiger partial charge in [-0.3, -0.25) is 5.32 Å². The van der Waals surface area contributed by atoms with Crippen LogP contribution in [0, 0.1) is 6.92 Å². The van der Waals surface area contributed by atoms with Gasteiger partial charge in [-0.1, -0.05) is 13.3 Å². The average molecular weight is 223 g/mol. The zero-order chi connectivity index (χ0) is 12.0. The Morgan fingerprint density at radius 3 is 2.88 bits per heavy atom. The Bertz CT molecular complexity index is 363. The van der Waals surface area contributed by atoms with Crippen molar-refractivity contribution in [3.8, 4) is 5.75 Å². The molecule has 0 aliphatic rings. The quantitative estimate of drug-likeness (QED) is 0.609. The molecule has 0 unspecified atom stereocenters. The van der Waals surface area contributed by atoms with Gasteiger partial charge in [-0.2, -0.15) is 0 Å². The summed E-state index contributed by atoms with van der Waals surface area (Å²) < 4.78 is 4.94. The molecule has 2 N–H and O–H groups in total. The predicted octanol–water partition coefficient (Wildman–Crippen LogP) is 3.05. The lowest BCUT2D eigenvalue weighted by molar-refractivity contribution is 0.160. The Hall–Kier alpha value is -1.71. The summed E-state index contributed by atoms with van der Waals surface area (Å²) in [7, 11) is 0. The van der Waals surface area contributed by atoms with E-state index in [0.717, 1.165) is 12.8 Å². The van der Waals surface area contributed by atoms with E-state index >= 15 is 0 Å². The Balaban J connectivity index is 2.46. The number of amides is 1. The molecule has 0 aromatic heterocycles. The third-order valence-electron chi connectivity index (χ3n) is 2.17. The summed E-state index contributed by atoms with van der Waals surface area (Å²) in [6.07, 6.45) is 1.40. The van der Waals surface area contributed by atoms with E-state index in [1.807, 2.05) is 6.92 Å². The number of carbonyl (C=O) groups is 1. The molecule has 1 rings (SSSR count). The number of ether oxygens (including phenoxy) is 1. The van der Waals surface area contributed by atoms with E-state index in [0.29, 0.717) is 17.9 Å². The molecule has 0 aliphatic carbocycles. The molecule has 0 saturated carbocycles. The molecule has 0 radical (unpaired) electrons. The molecule has 0 fully saturated rings. The Kier molecular flexibility index (Phi) is 4.64. The number of anilines is 1. The van der Waals surface area contributed by atoms with Crippen LogP contribution in [-0.4, -0.2) is 17.8 Å². The van der Waals surface area contributed by atoms with Crippen LogP contribution in [-0.2, 0) is 4.74 Å². The van der Waals surface area contributed by atoms with Crippen molar-refractivity contribution in [3.05, 3.63) is 23.8 Å². The lowest BCUT2D eigenvalue weighted by Crippen LogP contribution is -2.14. The van der Waals surface area contributed by atoms with E-state index < -0.39 is 6.09 Å². The summed E-state index contributed by atoms with van der Waals surface area (Å²) in [5.41, 5.74) is 1.34. The summed E-state index contributed by atoms with van der Waals surface area (Å²) in [5.74, 6) is 0.213. The van der Waals surface area contributed by atoms with E-state index in [2.05, 4.69) is 5.32 Å². The van der Waals surface area contributed by atoms with Crippen LogP contribution in [0.1, 0.15) is 25.3 Å². The molecule has 1 aromatic carbocycles. The van der Waals surface area contributed by atoms with Crippen LogP contribution >= 0.6 is 0 Å². The molecule has 0 saturated heterocycles. The minimum Gasteiger partial charge on any atom is -0.508 e. The summed E-state index contributed by atoms with van der Waals surface area (Å²) >= 11 is 0. The van der Waals surface area contributed by atoms with Crippen molar-refractivity contribution in [2.75, 3.05) is 11.9 Å². The summed E-state index contributed by atoms with van der Waals surface area (Å²) in [6, 6.07) is 4.86. The third-order valence-corrected chi connectivity index (χ3v) is 2.17. The smallest absolute Gasteiger partial charge is 0.411 e. The number of unbranched alkanes of at least 4 members (excludes halogenated alkanes) is 1. The van der Waals surface area contributed by atoms with Crippen molar-refractivity contribution < 1.29 is 14.6 Å². The van der Waals surface area contributed by atoms with Gasteiger partial charge in [0.1, 0.15) is 5.75 Å². The van der Waals surface area contributed by atoms with Gasteiger partial charge in [-0.05, 0) is 37.1 Å². The SMILES string of the molecule is CCCCOC(=O)Nc1ccc(O)c(C)c1. The van der Waals surface area contributed by atoms with Crippen LogP contribution in [0.4, 0.5) is 10.5 Å². The zero-order valence-electron chi connectivity index (χ0n) is 9.62. The Labute approximate surface area is 95.2 Å². The predicted molar refractivity (Wildman–Crippen MR) is 62.7 cm³/mol. The number of hydrogen-bond donors (Lipinski definition) is 2. The van der Waals surface area contributed by atoms with Gasteiger partial charge in [0.2, 0.25) is 0 Å². The fraction of sp³-hybridized carbons (Fsp3) is 0.417. The first-order valence-electron chi connectivity index (χ1n) is 5.37. The fourth-order valence-electron chi connectivity index (χ4n) is 1.20. The van der Waals surface area contributed by atoms with Gasteiger partial charge < -0.3 is 9.84 Å². The van der Waals surface area contributed by atoms with E-state index in [4.69, 9.17) is 4.74 Å². The lowest BCUT2D eigenvalue weighted by Gasteiger charge is -2.07. The number of benzene rings is 1. The Morgan fingerprint density at radius 1 is 1.50 bits per heavy atom. The second-order valence-corrected chi connectivity index (χ2v) is 3.62. The number of carbonyl (C=O) groups excluding carboxylic acids is 1. The first-order valence-corrected chi connectivity index (χ1v) is 5.37. The number of phenolic OH excluding ortho intramolecular Hbond substituents is 1. The molecule has 0 spiro atoms. The number of hydrogen-bond acceptors (Lipinski definition) is 3. The molecule has 1 aromatic rings. The van der Waals surface area contributed by atoms with Gasteiger partial charge in [0.25, 0.3) is 0 Å². The van der Waals surface area contributed by atoms with Gasteiger partial charge in [-0.15, -0.1) is 0 Å². The van der Waals surface area contributed by atoms with Crippen LogP contribution in [0.25, 0.3) is 0 Å². The lowest BCUT2D eigenvalue weighted by atomic mass is 10.2. The van der Waals surface area contributed by atoms with Gasteiger partial charge in [0.05, 0.1) is 6.61 Å². The zero-order valence-corrected chi connectivity index (χ0v) is 9.62. The molecule has 16 heavy (non-hydrogen) atoms. The highest BCUT2D eigenvalue weighted by atomic mass is 16.5. The molecule has 4 nitrogen and oxygen atoms in total. The van der Waals surface area contributed by atoms with Crippen LogP contribution in [0.2, 0.25) is 0 Å². The number of aromatic hydroxyl groups is 1. The number of phenols is 1. The molecular formula is C12H17NO3. The normalized spacial score (nSPS) is 9.88. The van der Waals surface area contributed by atoms with E-state index in [1.54, 1.807) is 19.1 Å². The summed E-state index contributed by atoms with van der Waals surface area (Å²) in [6.45, 7) is 4.23. The standard InChI is InChI=1S/C12H17NO3/c1-3-4-7-16-12(15)13-10-5-6-11(14)9(2)8-10/h5-6,8,14H,3-4,7H2,1-2H3,(H,13,15). The van der Waals surface area contributed by atoms with Gasteiger partial charge in [-0.25, -0.2) is 4.79 Å².